The predicted octanol–water partition coefficient (Wildman–Crippen LogP) is 1.26. The fourth-order valence-corrected chi connectivity index (χ4v) is 2.14. The summed E-state index contributed by atoms with van der Waals surface area (Å²) in [5.74, 6) is -1.67. The van der Waals surface area contributed by atoms with Gasteiger partial charge in [0.05, 0.1) is 11.3 Å². The molecule has 1 aliphatic heterocycles. The average molecular weight is 260 g/mol. The lowest BCUT2D eigenvalue weighted by molar-refractivity contribution is -0.124. The minimum absolute atomic E-state index is 0.257. The molecule has 2 N–H and O–H groups in total. The molecule has 0 unspecified atom stereocenters. The number of amides is 2. The smallest absolute Gasteiger partial charge is 0.306 e. The number of rotatable bonds is 5. The molecule has 1 heterocycles. The van der Waals surface area contributed by atoms with Crippen LogP contribution in [0.3, 0.4) is 0 Å². The lowest BCUT2D eigenvalue weighted by Crippen LogP contribution is -2.35. The zero-order chi connectivity index (χ0) is 13.8. The average Bonchev–Trinajstić information content (AvgIpc) is 2.68. The van der Waals surface area contributed by atoms with Crippen molar-refractivity contribution in [3.05, 3.63) is 29.8 Å². The summed E-state index contributed by atoms with van der Waals surface area (Å²) in [7, 11) is 0. The molecule has 0 saturated carbocycles. The molecule has 5 heteroatoms. The first-order valence-corrected chi connectivity index (χ1v) is 6.37. The summed E-state index contributed by atoms with van der Waals surface area (Å²) >= 11 is 0. The second-order valence-corrected chi connectivity index (χ2v) is 4.48. The number of hydrogen-bond acceptors (Lipinski definition) is 4. The van der Waals surface area contributed by atoms with E-state index in [1.807, 2.05) is 0 Å². The Balaban J connectivity index is 2.10. The van der Waals surface area contributed by atoms with E-state index < -0.39 is 11.7 Å². The number of para-hydroxylation sites is 1. The van der Waals surface area contributed by atoms with Gasteiger partial charge in [-0.3, -0.25) is 14.4 Å². The van der Waals surface area contributed by atoms with Crippen molar-refractivity contribution in [1.82, 2.24) is 0 Å². The van der Waals surface area contributed by atoms with Gasteiger partial charge in [0.25, 0.3) is 5.78 Å². The van der Waals surface area contributed by atoms with E-state index in [2.05, 4.69) is 0 Å². The molecule has 2 amide bonds. The molecule has 100 valence electrons. The Morgan fingerprint density at radius 3 is 2.58 bits per heavy atom. The largest absolute Gasteiger partial charge is 0.330 e. The van der Waals surface area contributed by atoms with Crippen LogP contribution in [0, 0.1) is 0 Å². The summed E-state index contributed by atoms with van der Waals surface area (Å²) in [5.41, 5.74) is 6.09. The molecule has 0 radical (unpaired) electrons. The van der Waals surface area contributed by atoms with Crippen LogP contribution in [0.2, 0.25) is 0 Å². The minimum Gasteiger partial charge on any atom is -0.330 e. The standard InChI is InChI=1S/C14H16N2O3/c15-9-5-1-2-8-12(17)16-11-7-4-3-6-10(11)13(18)14(16)19/h3-4,6-7H,1-2,5,8-9,15H2. The molecular weight excluding hydrogens is 244 g/mol. The first-order valence-electron chi connectivity index (χ1n) is 6.37. The van der Waals surface area contributed by atoms with Gasteiger partial charge in [-0.25, -0.2) is 4.90 Å². The SMILES string of the molecule is NCCCCCC(=O)N1C(=O)C(=O)c2ccccc21. The van der Waals surface area contributed by atoms with E-state index in [0.717, 1.165) is 17.7 Å². The first-order chi connectivity index (χ1) is 9.16. The highest BCUT2D eigenvalue weighted by molar-refractivity contribution is 6.56. The van der Waals surface area contributed by atoms with Crippen LogP contribution in [0.4, 0.5) is 5.69 Å². The highest BCUT2D eigenvalue weighted by Gasteiger charge is 2.38. The van der Waals surface area contributed by atoms with Crippen LogP contribution in [0.5, 0.6) is 0 Å². The molecule has 1 aromatic carbocycles. The van der Waals surface area contributed by atoms with Gasteiger partial charge >= 0.3 is 5.91 Å². The Kier molecular flexibility index (Phi) is 4.06. The molecule has 0 atom stereocenters. The number of anilines is 1. The van der Waals surface area contributed by atoms with E-state index in [1.165, 1.54) is 0 Å². The number of imide groups is 1. The Morgan fingerprint density at radius 2 is 1.84 bits per heavy atom. The van der Waals surface area contributed by atoms with Crippen molar-refractivity contribution in [3.8, 4) is 0 Å². The van der Waals surface area contributed by atoms with Crippen LogP contribution in [0.15, 0.2) is 24.3 Å². The summed E-state index contributed by atoms with van der Waals surface area (Å²) in [6.07, 6.45) is 2.64. The zero-order valence-electron chi connectivity index (χ0n) is 10.6. The van der Waals surface area contributed by atoms with Gasteiger partial charge in [0.1, 0.15) is 0 Å². The lowest BCUT2D eigenvalue weighted by Gasteiger charge is -2.14. The minimum atomic E-state index is -0.745. The Hall–Kier alpha value is -2.01. The molecule has 19 heavy (non-hydrogen) atoms. The van der Waals surface area contributed by atoms with Crippen LogP contribution in [0.25, 0.3) is 0 Å². The summed E-state index contributed by atoms with van der Waals surface area (Å²) in [5, 5.41) is 0. The van der Waals surface area contributed by atoms with E-state index in [1.54, 1.807) is 24.3 Å². The van der Waals surface area contributed by atoms with E-state index in [9.17, 15) is 14.4 Å². The van der Waals surface area contributed by atoms with Crippen molar-refractivity contribution < 1.29 is 14.4 Å². The van der Waals surface area contributed by atoms with Crippen molar-refractivity contribution >= 4 is 23.3 Å². The van der Waals surface area contributed by atoms with Crippen LogP contribution in [-0.2, 0) is 9.59 Å². The molecule has 0 aromatic heterocycles. The topological polar surface area (TPSA) is 80.5 Å². The number of benzene rings is 1. The Bertz CT molecular complexity index is 525. The highest BCUT2D eigenvalue weighted by Crippen LogP contribution is 2.29. The Labute approximate surface area is 111 Å². The molecule has 2 rings (SSSR count). The molecule has 1 aliphatic rings. The highest BCUT2D eigenvalue weighted by atomic mass is 16.2. The third-order valence-electron chi connectivity index (χ3n) is 3.13. The first kappa shape index (κ1) is 13.4. The number of carbonyl (C=O) groups excluding carboxylic acids is 3. The van der Waals surface area contributed by atoms with Gasteiger partial charge in [-0.2, -0.15) is 0 Å². The number of nitrogens with zero attached hydrogens (tertiary/aromatic N) is 1. The van der Waals surface area contributed by atoms with E-state index >= 15 is 0 Å². The molecule has 0 saturated heterocycles. The van der Waals surface area contributed by atoms with E-state index in [4.69, 9.17) is 5.73 Å². The molecule has 1 aromatic rings. The summed E-state index contributed by atoms with van der Waals surface area (Å²) in [6.45, 7) is 0.595. The maximum Gasteiger partial charge on any atom is 0.306 e. The number of unbranched alkanes of at least 4 members (excludes halogenated alkanes) is 2. The third kappa shape index (κ3) is 2.56. The molecule has 5 nitrogen and oxygen atoms in total. The second-order valence-electron chi connectivity index (χ2n) is 4.48. The van der Waals surface area contributed by atoms with Crippen LogP contribution < -0.4 is 10.6 Å². The summed E-state index contributed by atoms with van der Waals surface area (Å²) < 4.78 is 0. The van der Waals surface area contributed by atoms with Gasteiger partial charge < -0.3 is 5.73 Å². The summed E-state index contributed by atoms with van der Waals surface area (Å²) in [6, 6.07) is 6.58. The fourth-order valence-electron chi connectivity index (χ4n) is 2.14. The second kappa shape index (κ2) is 5.75. The van der Waals surface area contributed by atoms with Crippen molar-refractivity contribution in [2.45, 2.75) is 25.7 Å². The van der Waals surface area contributed by atoms with Crippen molar-refractivity contribution in [2.75, 3.05) is 11.4 Å². The predicted molar refractivity (Wildman–Crippen MR) is 70.8 cm³/mol. The van der Waals surface area contributed by atoms with Gasteiger partial charge in [-0.1, -0.05) is 18.6 Å². The number of nitrogens with two attached hydrogens (primary N) is 1. The summed E-state index contributed by atoms with van der Waals surface area (Å²) in [4.78, 5) is 36.6. The maximum atomic E-state index is 12.0. The van der Waals surface area contributed by atoms with Gasteiger partial charge in [0.2, 0.25) is 5.91 Å². The van der Waals surface area contributed by atoms with Crippen LogP contribution in [-0.4, -0.2) is 24.1 Å². The molecular formula is C14H16N2O3. The number of Topliss-reactive ketones (excluding diaryl/α,β-unsaturated/α-hetero) is 1. The maximum absolute atomic E-state index is 12.0. The van der Waals surface area contributed by atoms with Crippen LogP contribution in [0.1, 0.15) is 36.0 Å². The molecule has 0 aliphatic carbocycles. The number of carbonyl (C=O) groups is 3. The normalized spacial score (nSPS) is 13.8. The Morgan fingerprint density at radius 1 is 1.11 bits per heavy atom. The molecule has 0 bridgehead atoms. The molecule has 0 fully saturated rings. The van der Waals surface area contributed by atoms with Gasteiger partial charge in [-0.15, -0.1) is 0 Å². The quantitative estimate of drug-likeness (QED) is 0.638. The van der Waals surface area contributed by atoms with E-state index in [0.29, 0.717) is 24.2 Å². The van der Waals surface area contributed by atoms with Crippen molar-refractivity contribution in [2.24, 2.45) is 5.73 Å². The van der Waals surface area contributed by atoms with E-state index in [-0.39, 0.29) is 12.3 Å². The van der Waals surface area contributed by atoms with Crippen LogP contribution >= 0.6 is 0 Å². The van der Waals surface area contributed by atoms with Crippen molar-refractivity contribution in [1.29, 1.82) is 0 Å². The van der Waals surface area contributed by atoms with Gasteiger partial charge in [-0.05, 0) is 31.5 Å². The molecule has 0 spiro atoms. The number of hydrogen-bond donors (Lipinski definition) is 1. The lowest BCUT2D eigenvalue weighted by atomic mass is 10.1. The van der Waals surface area contributed by atoms with Gasteiger partial charge in [0, 0.05) is 6.42 Å². The number of ketones is 1. The van der Waals surface area contributed by atoms with Crippen molar-refractivity contribution in [3.63, 3.8) is 0 Å². The fraction of sp³-hybridized carbons (Fsp3) is 0.357. The number of fused-ring (bicyclic) bond motifs is 1. The monoisotopic (exact) mass is 260 g/mol. The van der Waals surface area contributed by atoms with Gasteiger partial charge in [0.15, 0.2) is 0 Å². The zero-order valence-corrected chi connectivity index (χ0v) is 10.6. The third-order valence-corrected chi connectivity index (χ3v) is 3.13.